The lowest BCUT2D eigenvalue weighted by molar-refractivity contribution is -0.137. The van der Waals surface area contributed by atoms with Crippen molar-refractivity contribution in [1.29, 1.82) is 0 Å². The summed E-state index contributed by atoms with van der Waals surface area (Å²) >= 11 is 0. The number of esters is 1. The molecule has 0 N–H and O–H groups in total. The highest BCUT2D eigenvalue weighted by Crippen LogP contribution is 2.47. The topological polar surface area (TPSA) is 60.4 Å². The van der Waals surface area contributed by atoms with Crippen molar-refractivity contribution in [3.63, 3.8) is 0 Å². The number of allylic oxidation sites excluding steroid dienone is 1. The van der Waals surface area contributed by atoms with Gasteiger partial charge in [0, 0.05) is 11.3 Å². The van der Waals surface area contributed by atoms with E-state index in [2.05, 4.69) is 27.7 Å². The molecule has 0 aliphatic carbocycles. The van der Waals surface area contributed by atoms with E-state index in [1.165, 1.54) is 7.11 Å². The lowest BCUT2D eigenvalue weighted by atomic mass is 9.92. The number of carbonyl (C=O) groups is 1. The molecule has 41 heavy (non-hydrogen) atoms. The number of para-hydroxylation sites is 1. The molecule has 3 aromatic carbocycles. The molecule has 4 rings (SSSR count). The minimum absolute atomic E-state index is 0.160. The van der Waals surface area contributed by atoms with Gasteiger partial charge in [0.1, 0.15) is 18.1 Å². The predicted molar refractivity (Wildman–Crippen MR) is 165 cm³/mol. The fourth-order valence-electron chi connectivity index (χ4n) is 4.65. The molecule has 0 amide bonds. The number of nitrogens with zero attached hydrogens (tertiary/aromatic N) is 2. The van der Waals surface area contributed by atoms with E-state index >= 15 is 0 Å². The quantitative estimate of drug-likeness (QED) is 0.196. The summed E-state index contributed by atoms with van der Waals surface area (Å²) in [5.41, 5.74) is 7.57. The molecule has 1 aliphatic heterocycles. The van der Waals surface area contributed by atoms with Crippen LogP contribution in [-0.4, -0.2) is 23.8 Å². The summed E-state index contributed by atoms with van der Waals surface area (Å²) in [6, 6.07) is 21.8. The maximum atomic E-state index is 13.6. The van der Waals surface area contributed by atoms with Crippen LogP contribution in [0.4, 0.5) is 0 Å². The van der Waals surface area contributed by atoms with Crippen molar-refractivity contribution in [1.82, 2.24) is 5.01 Å². The molecule has 6 heteroatoms. The molecule has 1 aliphatic rings. The summed E-state index contributed by atoms with van der Waals surface area (Å²) in [5.74, 6) is 1.50. The SMILES string of the molecule is CC/C(C)=C1/c2c(Oc3c(C)cccc3C)cccc2C(OCc2ccccc2)=C(C(=O)OC)N1/N=C(\C)C(C)C. The number of hydrogen-bond donors (Lipinski definition) is 0. The van der Waals surface area contributed by atoms with Crippen LogP contribution >= 0.6 is 0 Å². The number of ether oxygens (including phenoxy) is 3. The first-order valence-corrected chi connectivity index (χ1v) is 14.1. The Labute approximate surface area is 243 Å². The molecule has 0 atom stereocenters. The lowest BCUT2D eigenvalue weighted by Gasteiger charge is -2.35. The number of hydrazone groups is 1. The van der Waals surface area contributed by atoms with E-state index in [9.17, 15) is 4.79 Å². The van der Waals surface area contributed by atoms with Gasteiger partial charge in [-0.25, -0.2) is 9.80 Å². The maximum Gasteiger partial charge on any atom is 0.360 e. The van der Waals surface area contributed by atoms with E-state index in [1.807, 2.05) is 87.5 Å². The van der Waals surface area contributed by atoms with Gasteiger partial charge in [0.05, 0.1) is 18.4 Å². The van der Waals surface area contributed by atoms with Crippen LogP contribution in [0.15, 0.2) is 83.1 Å². The summed E-state index contributed by atoms with van der Waals surface area (Å²) in [5, 5.41) is 6.73. The molecule has 0 bridgehead atoms. The van der Waals surface area contributed by atoms with Crippen molar-refractivity contribution in [3.8, 4) is 11.5 Å². The average molecular weight is 553 g/mol. The molecule has 0 fully saturated rings. The lowest BCUT2D eigenvalue weighted by Crippen LogP contribution is -2.31. The highest BCUT2D eigenvalue weighted by atomic mass is 16.5. The minimum atomic E-state index is -0.526. The molecule has 0 aromatic heterocycles. The van der Waals surface area contributed by atoms with E-state index in [0.29, 0.717) is 11.5 Å². The molecule has 1 heterocycles. The van der Waals surface area contributed by atoms with Crippen molar-refractivity contribution in [2.45, 2.75) is 61.5 Å². The third kappa shape index (κ3) is 6.22. The number of rotatable bonds is 9. The molecule has 6 nitrogen and oxygen atoms in total. The van der Waals surface area contributed by atoms with Gasteiger partial charge in [-0.1, -0.05) is 81.4 Å². The van der Waals surface area contributed by atoms with Gasteiger partial charge in [-0.15, -0.1) is 0 Å². The van der Waals surface area contributed by atoms with Crippen molar-refractivity contribution in [3.05, 3.63) is 106 Å². The van der Waals surface area contributed by atoms with Gasteiger partial charge in [0.25, 0.3) is 0 Å². The van der Waals surface area contributed by atoms with Crippen LogP contribution in [0.3, 0.4) is 0 Å². The Bertz CT molecular complexity index is 1500. The Kier molecular flexibility index (Phi) is 9.33. The van der Waals surface area contributed by atoms with Crippen LogP contribution in [0, 0.1) is 19.8 Å². The number of hydrogen-bond acceptors (Lipinski definition) is 6. The number of fused-ring (bicyclic) bond motifs is 1. The normalized spacial score (nSPS) is 14.7. The zero-order valence-electron chi connectivity index (χ0n) is 25.4. The molecule has 214 valence electrons. The van der Waals surface area contributed by atoms with Gasteiger partial charge in [0.15, 0.2) is 11.5 Å². The molecule has 0 radical (unpaired) electrons. The Morgan fingerprint density at radius 1 is 0.927 bits per heavy atom. The number of benzene rings is 3. The van der Waals surface area contributed by atoms with Gasteiger partial charge in [-0.05, 0) is 68.4 Å². The van der Waals surface area contributed by atoms with Crippen molar-refractivity contribution in [2.24, 2.45) is 11.0 Å². The van der Waals surface area contributed by atoms with Crippen LogP contribution in [0.25, 0.3) is 11.5 Å². The first-order valence-electron chi connectivity index (χ1n) is 14.1. The second-order valence-electron chi connectivity index (χ2n) is 10.6. The van der Waals surface area contributed by atoms with Crippen molar-refractivity contribution < 1.29 is 19.0 Å². The number of methoxy groups -OCH3 is 1. The number of aryl methyl sites for hydroxylation is 2. The van der Waals surface area contributed by atoms with Crippen LogP contribution in [-0.2, 0) is 20.9 Å². The minimum Gasteiger partial charge on any atom is -0.486 e. The average Bonchev–Trinajstić information content (AvgIpc) is 2.97. The summed E-state index contributed by atoms with van der Waals surface area (Å²) in [4.78, 5) is 13.6. The second-order valence-corrected chi connectivity index (χ2v) is 10.6. The smallest absolute Gasteiger partial charge is 0.360 e. The van der Waals surface area contributed by atoms with Gasteiger partial charge in [-0.2, -0.15) is 5.10 Å². The molecular formula is C35H40N2O4. The molecule has 0 saturated heterocycles. The largest absolute Gasteiger partial charge is 0.486 e. The highest BCUT2D eigenvalue weighted by Gasteiger charge is 2.38. The fourth-order valence-corrected chi connectivity index (χ4v) is 4.65. The third-order valence-corrected chi connectivity index (χ3v) is 7.40. The highest BCUT2D eigenvalue weighted by molar-refractivity contribution is 6.03. The zero-order valence-corrected chi connectivity index (χ0v) is 25.4. The summed E-state index contributed by atoms with van der Waals surface area (Å²) in [6.45, 7) is 14.6. The van der Waals surface area contributed by atoms with E-state index in [1.54, 1.807) is 5.01 Å². The second kappa shape index (κ2) is 12.9. The van der Waals surface area contributed by atoms with Gasteiger partial charge in [0.2, 0.25) is 0 Å². The van der Waals surface area contributed by atoms with Crippen LogP contribution in [0.5, 0.6) is 11.5 Å². The van der Waals surface area contributed by atoms with Crippen molar-refractivity contribution >= 4 is 23.1 Å². The zero-order chi connectivity index (χ0) is 29.7. The Balaban J connectivity index is 2.05. The molecule has 0 saturated carbocycles. The van der Waals surface area contributed by atoms with Gasteiger partial charge >= 0.3 is 5.97 Å². The van der Waals surface area contributed by atoms with Crippen molar-refractivity contribution in [2.75, 3.05) is 7.11 Å². The Hall–Kier alpha value is -4.32. The van der Waals surface area contributed by atoms with E-state index in [0.717, 1.165) is 57.0 Å². The fraction of sp³-hybridized carbons (Fsp3) is 0.314. The summed E-state index contributed by atoms with van der Waals surface area (Å²) < 4.78 is 18.5. The molecule has 0 unspecified atom stereocenters. The van der Waals surface area contributed by atoms with E-state index in [4.69, 9.17) is 19.3 Å². The van der Waals surface area contributed by atoms with E-state index in [-0.39, 0.29) is 18.2 Å². The van der Waals surface area contributed by atoms with Gasteiger partial charge in [-0.3, -0.25) is 0 Å². The summed E-state index contributed by atoms with van der Waals surface area (Å²) in [6.07, 6.45) is 0.744. The number of carbonyl (C=O) groups excluding carboxylic acids is 1. The third-order valence-electron chi connectivity index (χ3n) is 7.40. The van der Waals surface area contributed by atoms with Gasteiger partial charge < -0.3 is 14.2 Å². The van der Waals surface area contributed by atoms with Crippen LogP contribution in [0.2, 0.25) is 0 Å². The van der Waals surface area contributed by atoms with Crippen LogP contribution in [0.1, 0.15) is 68.9 Å². The first-order chi connectivity index (χ1) is 19.7. The van der Waals surface area contributed by atoms with Crippen LogP contribution < -0.4 is 4.74 Å². The summed E-state index contributed by atoms with van der Waals surface area (Å²) in [7, 11) is 1.38. The maximum absolute atomic E-state index is 13.6. The molecule has 0 spiro atoms. The first kappa shape index (κ1) is 29.7. The molecule has 3 aromatic rings. The predicted octanol–water partition coefficient (Wildman–Crippen LogP) is 8.64. The monoisotopic (exact) mass is 552 g/mol. The van der Waals surface area contributed by atoms with E-state index < -0.39 is 5.97 Å². The standard InChI is InChI=1S/C35H40N2O4/c1-9-23(4)31-30-28(19-14-20-29(30)41-33-24(5)15-13-16-25(33)6)34(40-21-27-17-11-10-12-18-27)32(35(38)39-8)37(31)36-26(7)22(2)3/h10-20,22H,9,21H2,1-8H3/b31-23-,36-26+. The Morgan fingerprint density at radius 3 is 2.20 bits per heavy atom. The molecular weight excluding hydrogens is 512 g/mol. The Morgan fingerprint density at radius 2 is 1.59 bits per heavy atom.